The van der Waals surface area contributed by atoms with Gasteiger partial charge in [0, 0.05) is 19.7 Å². The van der Waals surface area contributed by atoms with Gasteiger partial charge in [-0.25, -0.2) is 8.78 Å². The van der Waals surface area contributed by atoms with Crippen LogP contribution < -0.4 is 10.6 Å². The number of aryl methyl sites for hydroxylation is 1. The normalized spacial score (nSPS) is 11.7. The SMILES string of the molecule is COC(CNC(=O)C(=O)Nc1cc(F)ccc1F)c1ccccc1C. The van der Waals surface area contributed by atoms with Gasteiger partial charge in [-0.1, -0.05) is 24.3 Å². The molecule has 0 aliphatic heterocycles. The Morgan fingerprint density at radius 3 is 2.52 bits per heavy atom. The van der Waals surface area contributed by atoms with Gasteiger partial charge in [-0.2, -0.15) is 0 Å². The summed E-state index contributed by atoms with van der Waals surface area (Å²) < 4.78 is 31.9. The van der Waals surface area contributed by atoms with E-state index in [9.17, 15) is 18.4 Å². The molecule has 1 atom stereocenters. The smallest absolute Gasteiger partial charge is 0.313 e. The Labute approximate surface area is 144 Å². The zero-order valence-electron chi connectivity index (χ0n) is 13.8. The van der Waals surface area contributed by atoms with E-state index < -0.39 is 35.2 Å². The number of ether oxygens (including phenoxy) is 1. The predicted octanol–water partition coefficient (Wildman–Crippen LogP) is 2.72. The van der Waals surface area contributed by atoms with Crippen molar-refractivity contribution in [3.63, 3.8) is 0 Å². The molecule has 2 aromatic carbocycles. The molecule has 0 aliphatic rings. The van der Waals surface area contributed by atoms with Crippen LogP contribution in [0.3, 0.4) is 0 Å². The zero-order chi connectivity index (χ0) is 18.4. The molecule has 5 nitrogen and oxygen atoms in total. The zero-order valence-corrected chi connectivity index (χ0v) is 13.8. The van der Waals surface area contributed by atoms with E-state index in [4.69, 9.17) is 4.74 Å². The largest absolute Gasteiger partial charge is 0.375 e. The van der Waals surface area contributed by atoms with Crippen molar-refractivity contribution >= 4 is 17.5 Å². The lowest BCUT2D eigenvalue weighted by atomic mass is 10.0. The second-order valence-electron chi connectivity index (χ2n) is 5.37. The van der Waals surface area contributed by atoms with Gasteiger partial charge in [0.15, 0.2) is 0 Å². The average molecular weight is 348 g/mol. The van der Waals surface area contributed by atoms with Crippen LogP contribution in [0.2, 0.25) is 0 Å². The summed E-state index contributed by atoms with van der Waals surface area (Å²) in [5.41, 5.74) is 1.46. The number of methoxy groups -OCH3 is 1. The molecule has 2 rings (SSSR count). The second kappa shape index (κ2) is 8.34. The number of amides is 2. The molecule has 0 bridgehead atoms. The van der Waals surface area contributed by atoms with Crippen molar-refractivity contribution in [2.24, 2.45) is 0 Å². The lowest BCUT2D eigenvalue weighted by molar-refractivity contribution is -0.136. The Morgan fingerprint density at radius 2 is 1.84 bits per heavy atom. The molecule has 0 fully saturated rings. The molecule has 0 aromatic heterocycles. The maximum atomic E-state index is 13.5. The van der Waals surface area contributed by atoms with E-state index in [2.05, 4.69) is 5.32 Å². The first-order valence-corrected chi connectivity index (χ1v) is 7.55. The number of rotatable bonds is 5. The molecule has 132 valence electrons. The van der Waals surface area contributed by atoms with E-state index in [1.165, 1.54) is 7.11 Å². The van der Waals surface area contributed by atoms with Gasteiger partial charge in [-0.05, 0) is 30.2 Å². The number of benzene rings is 2. The second-order valence-corrected chi connectivity index (χ2v) is 5.37. The van der Waals surface area contributed by atoms with E-state index in [0.717, 1.165) is 29.3 Å². The molecule has 0 saturated carbocycles. The first-order valence-electron chi connectivity index (χ1n) is 7.55. The van der Waals surface area contributed by atoms with Crippen molar-refractivity contribution in [2.45, 2.75) is 13.0 Å². The maximum Gasteiger partial charge on any atom is 0.313 e. The summed E-state index contributed by atoms with van der Waals surface area (Å²) in [6, 6.07) is 10.1. The van der Waals surface area contributed by atoms with Crippen LogP contribution in [0.4, 0.5) is 14.5 Å². The van der Waals surface area contributed by atoms with E-state index in [1.807, 2.05) is 36.5 Å². The monoisotopic (exact) mass is 348 g/mol. The molecule has 0 aliphatic carbocycles. The Morgan fingerprint density at radius 1 is 1.12 bits per heavy atom. The molecule has 1 unspecified atom stereocenters. The third kappa shape index (κ3) is 4.84. The summed E-state index contributed by atoms with van der Waals surface area (Å²) in [4.78, 5) is 23.7. The van der Waals surface area contributed by atoms with Gasteiger partial charge in [0.2, 0.25) is 0 Å². The Hall–Kier alpha value is -2.80. The number of carbonyl (C=O) groups excluding carboxylic acids is 2. The molecule has 2 N–H and O–H groups in total. The number of anilines is 1. The Bertz CT molecular complexity index is 781. The van der Waals surface area contributed by atoms with E-state index in [1.54, 1.807) is 0 Å². The number of carbonyl (C=O) groups is 2. The summed E-state index contributed by atoms with van der Waals surface area (Å²) in [7, 11) is 1.49. The van der Waals surface area contributed by atoms with Crippen molar-refractivity contribution in [3.8, 4) is 0 Å². The number of hydrogen-bond acceptors (Lipinski definition) is 3. The van der Waals surface area contributed by atoms with Crippen LogP contribution in [-0.2, 0) is 14.3 Å². The fourth-order valence-corrected chi connectivity index (χ4v) is 2.31. The molecule has 2 aromatic rings. The van der Waals surface area contributed by atoms with Crippen molar-refractivity contribution < 1.29 is 23.1 Å². The van der Waals surface area contributed by atoms with Crippen molar-refractivity contribution in [1.82, 2.24) is 5.32 Å². The molecule has 7 heteroatoms. The third-order valence-corrected chi connectivity index (χ3v) is 3.65. The fraction of sp³-hybridized carbons (Fsp3) is 0.222. The molecular formula is C18H18F2N2O3. The van der Waals surface area contributed by atoms with Gasteiger partial charge >= 0.3 is 11.8 Å². The van der Waals surface area contributed by atoms with E-state index >= 15 is 0 Å². The van der Waals surface area contributed by atoms with Gasteiger partial charge in [0.1, 0.15) is 11.6 Å². The molecule has 0 heterocycles. The Kier molecular flexibility index (Phi) is 6.19. The molecule has 0 radical (unpaired) electrons. The summed E-state index contributed by atoms with van der Waals surface area (Å²) in [6.07, 6.45) is -0.441. The van der Waals surface area contributed by atoms with Crippen LogP contribution in [0.5, 0.6) is 0 Å². The highest BCUT2D eigenvalue weighted by molar-refractivity contribution is 6.39. The molecule has 0 saturated heterocycles. The topological polar surface area (TPSA) is 67.4 Å². The highest BCUT2D eigenvalue weighted by atomic mass is 19.1. The van der Waals surface area contributed by atoms with Gasteiger partial charge < -0.3 is 15.4 Å². The third-order valence-electron chi connectivity index (χ3n) is 3.65. The van der Waals surface area contributed by atoms with Crippen LogP contribution in [-0.4, -0.2) is 25.5 Å². The summed E-state index contributed by atoms with van der Waals surface area (Å²) >= 11 is 0. The van der Waals surface area contributed by atoms with E-state index in [0.29, 0.717) is 0 Å². The first-order chi connectivity index (χ1) is 11.9. The standard InChI is InChI=1S/C18H18F2N2O3/c1-11-5-3-4-6-13(11)16(25-2)10-21-17(23)18(24)22-15-9-12(19)7-8-14(15)20/h3-9,16H,10H2,1-2H3,(H,21,23)(H,22,24). The number of halogens is 2. The van der Waals surface area contributed by atoms with Gasteiger partial charge in [-0.3, -0.25) is 9.59 Å². The fourth-order valence-electron chi connectivity index (χ4n) is 2.31. The number of hydrogen-bond donors (Lipinski definition) is 2. The van der Waals surface area contributed by atoms with Gasteiger partial charge in [-0.15, -0.1) is 0 Å². The lowest BCUT2D eigenvalue weighted by Gasteiger charge is -2.18. The highest BCUT2D eigenvalue weighted by Gasteiger charge is 2.19. The highest BCUT2D eigenvalue weighted by Crippen LogP contribution is 2.19. The van der Waals surface area contributed by atoms with Crippen molar-refractivity contribution in [3.05, 3.63) is 65.2 Å². The van der Waals surface area contributed by atoms with Crippen LogP contribution in [0.1, 0.15) is 17.2 Å². The minimum atomic E-state index is -1.09. The van der Waals surface area contributed by atoms with Gasteiger partial charge in [0.05, 0.1) is 11.8 Å². The molecule has 2 amide bonds. The minimum Gasteiger partial charge on any atom is -0.375 e. The quantitative estimate of drug-likeness (QED) is 0.817. The lowest BCUT2D eigenvalue weighted by Crippen LogP contribution is -2.38. The molecule has 25 heavy (non-hydrogen) atoms. The summed E-state index contributed by atoms with van der Waals surface area (Å²) in [5.74, 6) is -3.63. The molecular weight excluding hydrogens is 330 g/mol. The summed E-state index contributed by atoms with van der Waals surface area (Å²) in [6.45, 7) is 1.96. The van der Waals surface area contributed by atoms with E-state index in [-0.39, 0.29) is 6.54 Å². The van der Waals surface area contributed by atoms with Crippen LogP contribution in [0.25, 0.3) is 0 Å². The van der Waals surface area contributed by atoms with Crippen molar-refractivity contribution in [1.29, 1.82) is 0 Å². The molecule has 0 spiro atoms. The van der Waals surface area contributed by atoms with Gasteiger partial charge in [0.25, 0.3) is 0 Å². The first kappa shape index (κ1) is 18.5. The van der Waals surface area contributed by atoms with Crippen molar-refractivity contribution in [2.75, 3.05) is 19.0 Å². The van der Waals surface area contributed by atoms with Crippen LogP contribution in [0.15, 0.2) is 42.5 Å². The average Bonchev–Trinajstić information content (AvgIpc) is 2.59. The predicted molar refractivity (Wildman–Crippen MR) is 88.9 cm³/mol. The summed E-state index contributed by atoms with van der Waals surface area (Å²) in [5, 5.41) is 4.46. The minimum absolute atomic E-state index is 0.0548. The van der Waals surface area contributed by atoms with Crippen LogP contribution in [0, 0.1) is 18.6 Å². The Balaban J connectivity index is 1.98. The number of nitrogens with one attached hydrogen (secondary N) is 2. The van der Waals surface area contributed by atoms with Crippen LogP contribution >= 0.6 is 0 Å². The maximum absolute atomic E-state index is 13.5.